The van der Waals surface area contributed by atoms with Gasteiger partial charge in [0.2, 0.25) is 0 Å². The first-order valence-electron chi connectivity index (χ1n) is 5.79. The summed E-state index contributed by atoms with van der Waals surface area (Å²) in [7, 11) is 0. The van der Waals surface area contributed by atoms with Crippen LogP contribution in [0.4, 0.5) is 39.5 Å². The van der Waals surface area contributed by atoms with Crippen LogP contribution in [0, 0.1) is 0 Å². The van der Waals surface area contributed by atoms with Crippen molar-refractivity contribution in [3.63, 3.8) is 0 Å². The highest BCUT2D eigenvalue weighted by molar-refractivity contribution is 5.94. The van der Waals surface area contributed by atoms with Gasteiger partial charge in [0.05, 0.1) is 11.1 Å². The fraction of sp³-hybridized carbons (Fsp3) is 0.333. The van der Waals surface area contributed by atoms with Crippen molar-refractivity contribution in [2.24, 2.45) is 0 Å². The second kappa shape index (κ2) is 5.81. The Kier molecular flexibility index (Phi) is 4.78. The standard InChI is InChI=1S/C12H5F9O4/c13-9(14,10(15,16)11(17,18)12(19,20)21)6-2-4(7(22)23)1-5(3-6)8(24)25/h1-3H,(H,22,23)(H,24,25). The highest BCUT2D eigenvalue weighted by Gasteiger charge is 2.82. The Morgan fingerprint density at radius 1 is 0.680 bits per heavy atom. The molecule has 0 unspecified atom stereocenters. The van der Waals surface area contributed by atoms with Gasteiger partial charge < -0.3 is 10.2 Å². The maximum atomic E-state index is 13.7. The SMILES string of the molecule is O=C(O)c1cc(C(=O)O)cc(C(F)(F)C(F)(F)C(F)(F)C(F)(F)F)c1. The molecule has 0 aliphatic heterocycles. The zero-order valence-corrected chi connectivity index (χ0v) is 11.3. The van der Waals surface area contributed by atoms with E-state index in [1.54, 1.807) is 0 Å². The van der Waals surface area contributed by atoms with Crippen molar-refractivity contribution in [2.45, 2.75) is 23.9 Å². The number of benzene rings is 1. The summed E-state index contributed by atoms with van der Waals surface area (Å²) in [5, 5.41) is 17.2. The van der Waals surface area contributed by atoms with Crippen molar-refractivity contribution in [3.05, 3.63) is 34.9 Å². The molecular weight excluding hydrogens is 379 g/mol. The van der Waals surface area contributed by atoms with Crippen LogP contribution in [0.1, 0.15) is 26.3 Å². The molecule has 2 N–H and O–H groups in total. The quantitative estimate of drug-likeness (QED) is 0.753. The average Bonchev–Trinajstić information content (AvgIpc) is 2.44. The van der Waals surface area contributed by atoms with E-state index in [4.69, 9.17) is 10.2 Å². The van der Waals surface area contributed by atoms with Crippen LogP contribution in [-0.2, 0) is 5.92 Å². The van der Waals surface area contributed by atoms with E-state index in [-0.39, 0.29) is 18.2 Å². The van der Waals surface area contributed by atoms with Crippen LogP contribution in [0.2, 0.25) is 0 Å². The number of carboxylic acid groups (broad SMARTS) is 2. The maximum Gasteiger partial charge on any atom is 0.460 e. The number of hydrogen-bond acceptors (Lipinski definition) is 2. The topological polar surface area (TPSA) is 74.6 Å². The largest absolute Gasteiger partial charge is 0.478 e. The molecule has 140 valence electrons. The summed E-state index contributed by atoms with van der Waals surface area (Å²) in [6.45, 7) is 0. The van der Waals surface area contributed by atoms with Crippen molar-refractivity contribution in [1.29, 1.82) is 0 Å². The van der Waals surface area contributed by atoms with Crippen LogP contribution in [0.3, 0.4) is 0 Å². The minimum Gasteiger partial charge on any atom is -0.478 e. The van der Waals surface area contributed by atoms with Gasteiger partial charge in [-0.25, -0.2) is 9.59 Å². The van der Waals surface area contributed by atoms with Crippen LogP contribution in [0.5, 0.6) is 0 Å². The molecule has 1 rings (SSSR count). The van der Waals surface area contributed by atoms with Crippen LogP contribution in [0.15, 0.2) is 18.2 Å². The van der Waals surface area contributed by atoms with Gasteiger partial charge in [0.25, 0.3) is 0 Å². The highest BCUT2D eigenvalue weighted by atomic mass is 19.4. The van der Waals surface area contributed by atoms with Crippen LogP contribution >= 0.6 is 0 Å². The summed E-state index contributed by atoms with van der Waals surface area (Å²) in [6, 6.07) is -0.422. The van der Waals surface area contributed by atoms with E-state index in [2.05, 4.69) is 0 Å². The van der Waals surface area contributed by atoms with E-state index in [0.29, 0.717) is 0 Å². The Bertz CT molecular complexity index is 677. The average molecular weight is 384 g/mol. The van der Waals surface area contributed by atoms with Crippen molar-refractivity contribution in [1.82, 2.24) is 0 Å². The Labute approximate surface area is 131 Å². The molecule has 0 aliphatic rings. The molecule has 4 nitrogen and oxygen atoms in total. The predicted molar refractivity (Wildman–Crippen MR) is 60.2 cm³/mol. The third-order valence-electron chi connectivity index (χ3n) is 2.93. The number of rotatable bonds is 5. The summed E-state index contributed by atoms with van der Waals surface area (Å²) < 4.78 is 116. The zero-order valence-electron chi connectivity index (χ0n) is 11.3. The third-order valence-corrected chi connectivity index (χ3v) is 2.93. The van der Waals surface area contributed by atoms with Gasteiger partial charge in [-0.2, -0.15) is 39.5 Å². The predicted octanol–water partition coefficient (Wildman–Crippen LogP) is 4.01. The molecule has 0 bridgehead atoms. The van der Waals surface area contributed by atoms with E-state index in [1.807, 2.05) is 0 Å². The van der Waals surface area contributed by atoms with E-state index in [1.165, 1.54) is 0 Å². The minimum absolute atomic E-state index is 0.226. The van der Waals surface area contributed by atoms with Gasteiger partial charge in [0, 0.05) is 5.56 Å². The molecule has 0 amide bonds. The lowest BCUT2D eigenvalue weighted by molar-refractivity contribution is -0.399. The van der Waals surface area contributed by atoms with Gasteiger partial charge in [0.15, 0.2) is 0 Å². The number of carbonyl (C=O) groups is 2. The monoisotopic (exact) mass is 384 g/mol. The Hall–Kier alpha value is -2.47. The van der Waals surface area contributed by atoms with Crippen LogP contribution in [-0.4, -0.2) is 40.2 Å². The van der Waals surface area contributed by atoms with Gasteiger partial charge in [-0.1, -0.05) is 0 Å². The number of carboxylic acids is 2. The van der Waals surface area contributed by atoms with Crippen LogP contribution < -0.4 is 0 Å². The Balaban J connectivity index is 3.67. The normalized spacial score (nSPS) is 13.6. The molecule has 25 heavy (non-hydrogen) atoms. The first-order chi connectivity index (χ1) is 11.0. The molecule has 0 aliphatic carbocycles. The molecule has 0 radical (unpaired) electrons. The molecule has 1 aromatic rings. The van der Waals surface area contributed by atoms with E-state index >= 15 is 0 Å². The second-order valence-corrected chi connectivity index (χ2v) is 4.63. The van der Waals surface area contributed by atoms with E-state index < -0.39 is 52.6 Å². The summed E-state index contributed by atoms with van der Waals surface area (Å²) in [5.41, 5.74) is -5.00. The molecule has 0 heterocycles. The zero-order chi connectivity index (χ0) is 20.0. The molecule has 0 saturated carbocycles. The second-order valence-electron chi connectivity index (χ2n) is 4.63. The summed E-state index contributed by atoms with van der Waals surface area (Å²) in [4.78, 5) is 21.4. The number of hydrogen-bond donors (Lipinski definition) is 2. The fourth-order valence-electron chi connectivity index (χ4n) is 1.61. The van der Waals surface area contributed by atoms with Crippen molar-refractivity contribution in [3.8, 4) is 0 Å². The smallest absolute Gasteiger partial charge is 0.460 e. The molecule has 0 spiro atoms. The lowest BCUT2D eigenvalue weighted by Gasteiger charge is -2.34. The molecule has 0 saturated heterocycles. The molecule has 13 heteroatoms. The maximum absolute atomic E-state index is 13.7. The van der Waals surface area contributed by atoms with Gasteiger partial charge in [-0.15, -0.1) is 0 Å². The fourth-order valence-corrected chi connectivity index (χ4v) is 1.61. The minimum atomic E-state index is -7.19. The molecule has 1 aromatic carbocycles. The van der Waals surface area contributed by atoms with E-state index in [0.717, 1.165) is 0 Å². The third kappa shape index (κ3) is 3.22. The number of halogens is 9. The first kappa shape index (κ1) is 20.6. The molecule has 0 fully saturated rings. The molecule has 0 atom stereocenters. The summed E-state index contributed by atoms with van der Waals surface area (Å²) in [6.07, 6.45) is -7.06. The van der Waals surface area contributed by atoms with Crippen LogP contribution in [0.25, 0.3) is 0 Å². The van der Waals surface area contributed by atoms with Crippen molar-refractivity contribution >= 4 is 11.9 Å². The highest BCUT2D eigenvalue weighted by Crippen LogP contribution is 2.56. The Morgan fingerprint density at radius 3 is 1.32 bits per heavy atom. The lowest BCUT2D eigenvalue weighted by Crippen LogP contribution is -2.59. The lowest BCUT2D eigenvalue weighted by atomic mass is 9.93. The summed E-state index contributed by atoms with van der Waals surface area (Å²) in [5.74, 6) is -24.7. The van der Waals surface area contributed by atoms with Gasteiger partial charge in [0.1, 0.15) is 0 Å². The first-order valence-corrected chi connectivity index (χ1v) is 5.79. The van der Waals surface area contributed by atoms with Gasteiger partial charge >= 0.3 is 35.9 Å². The van der Waals surface area contributed by atoms with Gasteiger partial charge in [-0.3, -0.25) is 0 Å². The Morgan fingerprint density at radius 2 is 1.04 bits per heavy atom. The molecular formula is C12H5F9O4. The van der Waals surface area contributed by atoms with Gasteiger partial charge in [-0.05, 0) is 18.2 Å². The number of alkyl halides is 9. The van der Waals surface area contributed by atoms with E-state index in [9.17, 15) is 49.1 Å². The van der Waals surface area contributed by atoms with Crippen molar-refractivity contribution in [2.75, 3.05) is 0 Å². The molecule has 0 aromatic heterocycles. The summed E-state index contributed by atoms with van der Waals surface area (Å²) >= 11 is 0. The van der Waals surface area contributed by atoms with Crippen molar-refractivity contribution < 1.29 is 59.3 Å². The number of aromatic carboxylic acids is 2.